The number of nitrogens with one attached hydrogen (secondary N) is 6. The van der Waals surface area contributed by atoms with E-state index in [1.54, 1.807) is 18.2 Å². The van der Waals surface area contributed by atoms with Crippen LogP contribution in [-0.4, -0.2) is 118 Å². The van der Waals surface area contributed by atoms with Crippen molar-refractivity contribution in [3.8, 4) is 0 Å². The molecule has 1 fully saturated rings. The molecule has 23 nitrogen and oxygen atoms in total. The Labute approximate surface area is 472 Å². The van der Waals surface area contributed by atoms with Crippen LogP contribution in [0.3, 0.4) is 0 Å². The normalized spacial score (nSPS) is 13.5. The first-order chi connectivity index (χ1) is 37.8. The number of aromatic nitrogens is 2. The number of amides is 7. The molecule has 0 spiro atoms. The van der Waals surface area contributed by atoms with Gasteiger partial charge >= 0.3 is 0 Å². The van der Waals surface area contributed by atoms with Gasteiger partial charge in [0.25, 0.3) is 11.8 Å². The largest absolute Gasteiger partial charge is 0.400 e. The van der Waals surface area contributed by atoms with E-state index in [2.05, 4.69) is 87.5 Å². The van der Waals surface area contributed by atoms with Crippen molar-refractivity contribution in [2.24, 2.45) is 16.7 Å². The monoisotopic (exact) mass is 1130 g/mol. The highest BCUT2D eigenvalue weighted by molar-refractivity contribution is 7.81. The number of imide groups is 1. The minimum absolute atomic E-state index is 0.0591. The standard InChI is InChI=1S/C45H55ClN14O8S.C5H12.C3H8.CH4O/c1-24(53-35(63)22-52-34(62)7-3-2-4-19-60-36(64)21-33(69)44(60)68)41(65)54-28-15-16-30(31(20-28)39(47)58-59-50)43(67)51-18-5-6-29(23-61)55-42(66)27-12-9-25(10-13-27)8-11-26-14-17-32-37(38(26)46)40(48)57-45(49)56-32;1-3-5-4-2;1-3-2;1-2/h9-10,12-17,20,23-24,29,33,59,69H,2-8,11,18-19,21-22,50H2,1H3,(H2,47,58)(H,51,67)(H,52,62)(H,53,63)(H,54,65)(H,55,66)(H4,48,49,56,57);3-5H2,1-2H3;3H2,1-2H3;2H,1H3. The quantitative estimate of drug-likeness (QED) is 0.00612. The van der Waals surface area contributed by atoms with E-state index in [1.165, 1.54) is 55.7 Å². The summed E-state index contributed by atoms with van der Waals surface area (Å²) in [7, 11) is 1.00. The van der Waals surface area contributed by atoms with E-state index in [1.807, 2.05) is 18.2 Å². The fourth-order valence-corrected chi connectivity index (χ4v) is 8.28. The van der Waals surface area contributed by atoms with E-state index in [-0.39, 0.29) is 91.0 Å². The third kappa shape index (κ3) is 22.8. The van der Waals surface area contributed by atoms with Gasteiger partial charge in [-0.2, -0.15) is 17.6 Å². The number of benzene rings is 3. The summed E-state index contributed by atoms with van der Waals surface area (Å²) in [5.74, 6) is 2.23. The molecule has 2 heterocycles. The Morgan fingerprint density at radius 1 is 0.861 bits per heavy atom. The number of hydrogen-bond donors (Lipinski definition) is 12. The van der Waals surface area contributed by atoms with Crippen LogP contribution in [0.15, 0.2) is 59.7 Å². The van der Waals surface area contributed by atoms with Crippen molar-refractivity contribution in [3.05, 3.63) is 87.4 Å². The predicted molar refractivity (Wildman–Crippen MR) is 312 cm³/mol. The topological polar surface area (TPSA) is 374 Å². The van der Waals surface area contributed by atoms with Crippen LogP contribution in [-0.2, 0) is 41.6 Å². The Morgan fingerprint density at radius 2 is 1.54 bits per heavy atom. The number of nitrogen functional groups attached to an aromatic ring is 2. The van der Waals surface area contributed by atoms with Crippen LogP contribution in [0.25, 0.3) is 10.9 Å². The van der Waals surface area contributed by atoms with Crippen LogP contribution in [0, 0.1) is 0 Å². The minimum Gasteiger partial charge on any atom is -0.400 e. The lowest BCUT2D eigenvalue weighted by molar-refractivity contribution is -0.138. The van der Waals surface area contributed by atoms with Crippen molar-refractivity contribution < 1.29 is 43.5 Å². The Hall–Kier alpha value is -7.41. The number of fused-ring (bicyclic) bond motifs is 1. The van der Waals surface area contributed by atoms with Gasteiger partial charge in [0.15, 0.2) is 5.84 Å². The molecule has 3 unspecified atom stereocenters. The fourth-order valence-electron chi connectivity index (χ4n) is 7.64. The summed E-state index contributed by atoms with van der Waals surface area (Å²) in [6.07, 6.45) is 9.48. The molecule has 25 heteroatoms. The number of carbonyl (C=O) groups is 8. The summed E-state index contributed by atoms with van der Waals surface area (Å²) in [6.45, 7) is 10.1. The Bertz CT molecular complexity index is 2700. The van der Waals surface area contributed by atoms with E-state index in [9.17, 15) is 38.4 Å². The van der Waals surface area contributed by atoms with Gasteiger partial charge in [-0.05, 0) is 93.0 Å². The summed E-state index contributed by atoms with van der Waals surface area (Å²) >= 11 is 10.7. The van der Waals surface area contributed by atoms with Crippen molar-refractivity contribution in [2.75, 3.05) is 43.5 Å². The maximum absolute atomic E-state index is 13.3. The zero-order valence-electron chi connectivity index (χ0n) is 46.0. The third-order valence-corrected chi connectivity index (χ3v) is 12.5. The molecule has 0 saturated carbocycles. The first kappa shape index (κ1) is 67.7. The zero-order chi connectivity index (χ0) is 59.0. The van der Waals surface area contributed by atoms with Gasteiger partial charge in [0.2, 0.25) is 35.5 Å². The molecule has 1 aromatic heterocycles. The maximum Gasteiger partial charge on any atom is 0.252 e. The van der Waals surface area contributed by atoms with Crippen LogP contribution in [0.1, 0.15) is 143 Å². The van der Waals surface area contributed by atoms with Gasteiger partial charge in [0.05, 0.1) is 39.3 Å². The number of halogens is 1. The second kappa shape index (κ2) is 36.6. The van der Waals surface area contributed by atoms with E-state index in [0.717, 1.165) is 18.2 Å². The van der Waals surface area contributed by atoms with Crippen LogP contribution >= 0.6 is 24.2 Å². The summed E-state index contributed by atoms with van der Waals surface area (Å²) in [6, 6.07) is 13.0. The highest BCUT2D eigenvalue weighted by Crippen LogP contribution is 2.31. The number of aliphatic hydroxyl groups is 1. The molecule has 79 heavy (non-hydrogen) atoms. The van der Waals surface area contributed by atoms with Crippen molar-refractivity contribution in [1.29, 1.82) is 0 Å². The lowest BCUT2D eigenvalue weighted by Crippen LogP contribution is -2.45. The number of hydrazone groups is 1. The number of hydrazine groups is 1. The van der Waals surface area contributed by atoms with Crippen LogP contribution in [0.5, 0.6) is 0 Å². The molecule has 3 atom stereocenters. The number of thiol groups is 1. The summed E-state index contributed by atoms with van der Waals surface area (Å²) in [5.41, 5.74) is 23.0. The molecule has 1 aliphatic heterocycles. The average Bonchev–Trinajstić information content (AvgIpc) is 3.67. The SMILES string of the molecule is CC(NC(=O)CNC(=O)CCCCCN1C(=O)CC(S)C1=O)C(=O)Nc1ccc(C(=O)NCCCC(C=O)NC(=O)c2ccc(CCc3ccc4nc(N)nc(N)c4c3Cl)cc2)c(/C(N)=N/NN)c1.CCC.CCCCC.CO. The minimum atomic E-state index is -1.04. The molecular weight excluding hydrogens is 1060 g/mol. The first-order valence-electron chi connectivity index (χ1n) is 26.2. The number of carbonyl (C=O) groups excluding carboxylic acids is 8. The average molecular weight is 1140 g/mol. The van der Waals surface area contributed by atoms with Crippen LogP contribution < -0.4 is 55.2 Å². The van der Waals surface area contributed by atoms with Gasteiger partial charge in [-0.15, -0.1) is 5.10 Å². The molecule has 0 aliphatic carbocycles. The van der Waals surface area contributed by atoms with Crippen LogP contribution in [0.4, 0.5) is 17.5 Å². The van der Waals surface area contributed by atoms with E-state index in [0.29, 0.717) is 66.3 Å². The number of rotatable bonds is 26. The van der Waals surface area contributed by atoms with Crippen molar-refractivity contribution in [3.63, 3.8) is 0 Å². The van der Waals surface area contributed by atoms with Gasteiger partial charge in [-0.1, -0.05) is 89.6 Å². The number of anilines is 3. The number of aryl methyl sites for hydroxylation is 2. The maximum atomic E-state index is 13.3. The molecule has 15 N–H and O–H groups in total. The molecule has 1 saturated heterocycles. The molecule has 0 bridgehead atoms. The van der Waals surface area contributed by atoms with Crippen molar-refractivity contribution >= 4 is 106 Å². The fraction of sp³-hybridized carbons (Fsp3) is 0.463. The lowest BCUT2D eigenvalue weighted by atomic mass is 10.0. The van der Waals surface area contributed by atoms with Crippen molar-refractivity contribution in [1.82, 2.24) is 41.7 Å². The number of nitrogens with two attached hydrogens (primary N) is 4. The van der Waals surface area contributed by atoms with Gasteiger partial charge in [0, 0.05) is 49.9 Å². The molecule has 432 valence electrons. The number of aliphatic hydroxyl groups excluding tert-OH is 1. The number of hydrogen-bond acceptors (Lipinski definition) is 17. The van der Waals surface area contributed by atoms with E-state index in [4.69, 9.17) is 39.8 Å². The second-order valence-corrected chi connectivity index (χ2v) is 19.1. The molecule has 4 aromatic rings. The molecule has 3 aromatic carbocycles. The molecule has 7 amide bonds. The number of aldehydes is 1. The number of likely N-dealkylation sites (tertiary alicyclic amines) is 1. The smallest absolute Gasteiger partial charge is 0.252 e. The molecule has 1 aliphatic rings. The Balaban J connectivity index is 0.00000197. The molecule has 5 rings (SSSR count). The summed E-state index contributed by atoms with van der Waals surface area (Å²) in [4.78, 5) is 109. The Kier molecular flexibility index (Phi) is 31.4. The van der Waals surface area contributed by atoms with Crippen molar-refractivity contribution in [2.45, 2.75) is 135 Å². The highest BCUT2D eigenvalue weighted by atomic mass is 35.5. The summed E-state index contributed by atoms with van der Waals surface area (Å²) in [5, 5.41) is 24.2. The van der Waals surface area contributed by atoms with E-state index < -0.39 is 41.0 Å². The third-order valence-electron chi connectivity index (χ3n) is 11.7. The first-order valence-corrected chi connectivity index (χ1v) is 27.1. The molecular formula is C54H79ClN14O9S. The summed E-state index contributed by atoms with van der Waals surface area (Å²) < 4.78 is 0. The molecule has 0 radical (unpaired) electrons. The number of unbranched alkanes of at least 4 members (excludes halogenated alkanes) is 4. The lowest BCUT2D eigenvalue weighted by Gasteiger charge is -2.16. The van der Waals surface area contributed by atoms with Gasteiger partial charge < -0.3 is 53.7 Å². The zero-order valence-corrected chi connectivity index (χ0v) is 47.6. The number of amidine groups is 1. The Morgan fingerprint density at radius 3 is 2.15 bits per heavy atom. The highest BCUT2D eigenvalue weighted by Gasteiger charge is 2.35. The second-order valence-electron chi connectivity index (χ2n) is 18.1. The van der Waals surface area contributed by atoms with Crippen LogP contribution in [0.2, 0.25) is 5.02 Å². The van der Waals surface area contributed by atoms with Gasteiger partial charge in [0.1, 0.15) is 18.1 Å². The number of nitrogens with zero attached hydrogens (tertiary/aromatic N) is 4. The van der Waals surface area contributed by atoms with E-state index >= 15 is 0 Å². The van der Waals surface area contributed by atoms with Gasteiger partial charge in [-0.25, -0.2) is 16.4 Å². The predicted octanol–water partition coefficient (Wildman–Crippen LogP) is 4.22. The van der Waals surface area contributed by atoms with Gasteiger partial charge in [-0.3, -0.25) is 38.5 Å².